The first-order valence-electron chi connectivity index (χ1n) is 9.51. The van der Waals surface area contributed by atoms with Crippen molar-refractivity contribution in [3.63, 3.8) is 0 Å². The molecule has 0 radical (unpaired) electrons. The first-order valence-corrected chi connectivity index (χ1v) is 12.7. The molecule has 11 heteroatoms. The lowest BCUT2D eigenvalue weighted by Gasteiger charge is -2.25. The van der Waals surface area contributed by atoms with Crippen LogP contribution in [0.15, 0.2) is 24.3 Å². The van der Waals surface area contributed by atoms with Gasteiger partial charge in [0.15, 0.2) is 0 Å². The van der Waals surface area contributed by atoms with Gasteiger partial charge in [-0.1, -0.05) is 13.0 Å². The Morgan fingerprint density at radius 3 is 2.19 bits per heavy atom. The zero-order valence-electron chi connectivity index (χ0n) is 16.9. The number of Topliss-reactive ketones (excluding diaryl/α,β-unsaturated/α-hetero) is 2. The van der Waals surface area contributed by atoms with Gasteiger partial charge in [0.2, 0.25) is 11.6 Å². The van der Waals surface area contributed by atoms with Gasteiger partial charge in [-0.25, -0.2) is 0 Å². The normalized spacial score (nSPS) is 15.2. The van der Waals surface area contributed by atoms with Gasteiger partial charge in [0.25, 0.3) is 0 Å². The van der Waals surface area contributed by atoms with E-state index < -0.39 is 42.5 Å². The zero-order valence-corrected chi connectivity index (χ0v) is 23.4. The van der Waals surface area contributed by atoms with Gasteiger partial charge in [-0.05, 0) is 104 Å². The number of carbonyl (C=O) groups is 2. The van der Waals surface area contributed by atoms with Crippen molar-refractivity contribution in [1.29, 1.82) is 0 Å². The Balaban J connectivity index is 2.37. The predicted molar refractivity (Wildman–Crippen MR) is 146 cm³/mol. The van der Waals surface area contributed by atoms with E-state index in [9.17, 15) is 24.9 Å². The molecule has 2 aromatic carbocycles. The molecule has 4 atom stereocenters. The van der Waals surface area contributed by atoms with Crippen LogP contribution in [0.4, 0.5) is 5.69 Å². The van der Waals surface area contributed by atoms with Crippen LogP contribution >= 0.6 is 67.8 Å². The number of aliphatic hydroxyl groups excluding tert-OH is 4. The van der Waals surface area contributed by atoms with Gasteiger partial charge in [-0.3, -0.25) is 9.59 Å². The highest BCUT2D eigenvalue weighted by Gasteiger charge is 2.36. The second kappa shape index (κ2) is 11.8. The number of rotatable bonds is 9. The number of nitrogens with two attached hydrogens (primary N) is 2. The van der Waals surface area contributed by atoms with Crippen LogP contribution in [0.3, 0.4) is 0 Å². The quantitative estimate of drug-likeness (QED) is 0.0964. The number of anilines is 1. The smallest absolute Gasteiger partial charge is 0.232 e. The van der Waals surface area contributed by atoms with Gasteiger partial charge in [-0.15, -0.1) is 0 Å². The number of ketones is 2. The standard InChI is InChI=1S/C21H23I3N2O6/c1-2-9-11(22)6-12(23)15(16(9)24)8-3-4-10(13(25)5-8)18(29)20(31)17(26)21(32)19(30)14(28)7-27/h3-6,14,17,19,21,27-28,30,32H,2,7,25-26H2,1H3/t14-,17+,19-,21-/m1/s1. The van der Waals surface area contributed by atoms with Gasteiger partial charge in [0, 0.05) is 27.5 Å². The minimum Gasteiger partial charge on any atom is -0.398 e. The number of hydrogen-bond acceptors (Lipinski definition) is 8. The SMILES string of the molecule is CCc1c(I)cc(I)c(-c2ccc(C(=O)C(=O)[C@H](N)[C@@H](O)[C@H](O)[C@H](O)CO)c(N)c2)c1I. The fourth-order valence-electron chi connectivity index (χ4n) is 3.13. The molecule has 0 aliphatic rings. The van der Waals surface area contributed by atoms with Crippen molar-refractivity contribution in [2.75, 3.05) is 12.3 Å². The van der Waals surface area contributed by atoms with E-state index in [0.29, 0.717) is 0 Å². The third-order valence-electron chi connectivity index (χ3n) is 5.03. The maximum absolute atomic E-state index is 12.7. The highest BCUT2D eigenvalue weighted by molar-refractivity contribution is 14.1. The number of aliphatic hydroxyl groups is 4. The molecule has 0 unspecified atom stereocenters. The number of hydrogen-bond donors (Lipinski definition) is 6. The molecule has 2 aromatic rings. The molecule has 0 amide bonds. The van der Waals surface area contributed by atoms with Crippen LogP contribution in [0.1, 0.15) is 22.8 Å². The van der Waals surface area contributed by atoms with Crippen LogP contribution in [0.25, 0.3) is 11.1 Å². The molecule has 8 nitrogen and oxygen atoms in total. The molecule has 0 saturated carbocycles. The van der Waals surface area contributed by atoms with Crippen LogP contribution in [-0.2, 0) is 11.2 Å². The molecule has 0 heterocycles. The second-order valence-corrected chi connectivity index (χ2v) is 10.5. The van der Waals surface area contributed by atoms with Crippen molar-refractivity contribution in [1.82, 2.24) is 0 Å². The van der Waals surface area contributed by atoms with Crippen LogP contribution in [0.5, 0.6) is 0 Å². The Hall–Kier alpha value is -0.430. The van der Waals surface area contributed by atoms with Crippen molar-refractivity contribution in [3.05, 3.63) is 46.1 Å². The summed E-state index contributed by atoms with van der Waals surface area (Å²) < 4.78 is 3.26. The maximum atomic E-state index is 12.7. The highest BCUT2D eigenvalue weighted by Crippen LogP contribution is 2.36. The van der Waals surface area contributed by atoms with Gasteiger partial charge >= 0.3 is 0 Å². The first-order chi connectivity index (χ1) is 15.0. The van der Waals surface area contributed by atoms with E-state index in [1.807, 2.05) is 0 Å². The lowest BCUT2D eigenvalue weighted by atomic mass is 9.92. The third-order valence-corrected chi connectivity index (χ3v) is 8.03. The van der Waals surface area contributed by atoms with Crippen LogP contribution in [-0.4, -0.2) is 63.0 Å². The Labute approximate surface area is 226 Å². The fraction of sp³-hybridized carbons (Fsp3) is 0.333. The van der Waals surface area contributed by atoms with Crippen molar-refractivity contribution >= 4 is 85.0 Å². The summed E-state index contributed by atoms with van der Waals surface area (Å²) in [6.45, 7) is 1.23. The maximum Gasteiger partial charge on any atom is 0.232 e. The molecule has 174 valence electrons. The monoisotopic (exact) mass is 780 g/mol. The minimum atomic E-state index is -1.95. The van der Waals surface area contributed by atoms with Crippen LogP contribution in [0.2, 0.25) is 0 Å². The Morgan fingerprint density at radius 1 is 1.03 bits per heavy atom. The van der Waals surface area contributed by atoms with E-state index in [1.54, 1.807) is 12.1 Å². The largest absolute Gasteiger partial charge is 0.398 e. The van der Waals surface area contributed by atoms with E-state index in [4.69, 9.17) is 16.6 Å². The van der Waals surface area contributed by atoms with Crippen LogP contribution in [0, 0.1) is 10.7 Å². The summed E-state index contributed by atoms with van der Waals surface area (Å²) in [4.78, 5) is 25.2. The Kier molecular flexibility index (Phi) is 10.3. The molecule has 0 bridgehead atoms. The average Bonchev–Trinajstić information content (AvgIpc) is 2.76. The van der Waals surface area contributed by atoms with Crippen molar-refractivity contribution in [2.45, 2.75) is 37.7 Å². The van der Waals surface area contributed by atoms with E-state index in [1.165, 1.54) is 11.6 Å². The van der Waals surface area contributed by atoms with Crippen LogP contribution < -0.4 is 11.5 Å². The predicted octanol–water partition coefficient (Wildman–Crippen LogP) is 1.47. The molecular weight excluding hydrogens is 757 g/mol. The molecule has 8 N–H and O–H groups in total. The zero-order chi connectivity index (χ0) is 24.3. The van der Waals surface area contributed by atoms with Gasteiger partial charge in [0.05, 0.1) is 6.61 Å². The molecule has 0 aliphatic carbocycles. The summed E-state index contributed by atoms with van der Waals surface area (Å²) in [5.41, 5.74) is 14.7. The molecular formula is C21H23I3N2O6. The van der Waals surface area contributed by atoms with Crippen molar-refractivity contribution < 1.29 is 30.0 Å². The molecule has 2 rings (SSSR count). The highest BCUT2D eigenvalue weighted by atomic mass is 127. The van der Waals surface area contributed by atoms with E-state index in [0.717, 1.165) is 28.3 Å². The molecule has 0 spiro atoms. The number of benzene rings is 2. The summed E-state index contributed by atoms with van der Waals surface area (Å²) in [5.74, 6) is -2.19. The molecule has 0 saturated heterocycles. The van der Waals surface area contributed by atoms with E-state index in [2.05, 4.69) is 80.8 Å². The summed E-state index contributed by atoms with van der Waals surface area (Å²) in [5, 5.41) is 38.1. The lowest BCUT2D eigenvalue weighted by Crippen LogP contribution is -2.54. The van der Waals surface area contributed by atoms with Crippen molar-refractivity contribution in [3.8, 4) is 11.1 Å². The number of nitrogen functional groups attached to an aromatic ring is 1. The fourth-order valence-corrected chi connectivity index (χ4v) is 7.89. The minimum absolute atomic E-state index is 0.0710. The van der Waals surface area contributed by atoms with Gasteiger partial charge in [0.1, 0.15) is 24.4 Å². The summed E-state index contributed by atoms with van der Waals surface area (Å²) in [6, 6.07) is 5.00. The topological polar surface area (TPSA) is 167 Å². The number of carbonyl (C=O) groups excluding carboxylic acids is 2. The molecule has 0 aromatic heterocycles. The number of halogens is 3. The van der Waals surface area contributed by atoms with E-state index >= 15 is 0 Å². The van der Waals surface area contributed by atoms with Gasteiger partial charge in [-0.2, -0.15) is 0 Å². The summed E-state index contributed by atoms with van der Waals surface area (Å²) in [6.07, 6.45) is -4.70. The Morgan fingerprint density at radius 2 is 1.66 bits per heavy atom. The summed E-state index contributed by atoms with van der Waals surface area (Å²) >= 11 is 6.84. The Bertz CT molecular complexity index is 1030. The summed E-state index contributed by atoms with van der Waals surface area (Å²) in [7, 11) is 0. The average molecular weight is 780 g/mol. The molecule has 0 aliphatic heterocycles. The second-order valence-electron chi connectivity index (χ2n) is 7.11. The first kappa shape index (κ1) is 27.8. The lowest BCUT2D eigenvalue weighted by molar-refractivity contribution is -0.125. The van der Waals surface area contributed by atoms with E-state index in [-0.39, 0.29) is 11.3 Å². The molecule has 32 heavy (non-hydrogen) atoms. The molecule has 0 fully saturated rings. The third kappa shape index (κ3) is 5.79. The van der Waals surface area contributed by atoms with Gasteiger partial charge < -0.3 is 31.9 Å². The van der Waals surface area contributed by atoms with Crippen molar-refractivity contribution in [2.24, 2.45) is 5.73 Å².